The maximum Gasteiger partial charge on any atom is 0.245 e. The van der Waals surface area contributed by atoms with Crippen molar-refractivity contribution in [2.75, 3.05) is 24.5 Å². The molecule has 0 amide bonds. The van der Waals surface area contributed by atoms with E-state index in [9.17, 15) is 0 Å². The van der Waals surface area contributed by atoms with Gasteiger partial charge in [-0.2, -0.15) is 16.3 Å². The fourth-order valence-electron chi connectivity index (χ4n) is 2.37. The zero-order valence-electron chi connectivity index (χ0n) is 11.1. The van der Waals surface area contributed by atoms with Crippen LogP contribution in [-0.2, 0) is 0 Å². The second-order valence-corrected chi connectivity index (χ2v) is 6.28. The smallest absolute Gasteiger partial charge is 0.245 e. The third kappa shape index (κ3) is 2.50. The summed E-state index contributed by atoms with van der Waals surface area (Å²) in [5.74, 6) is 1.66. The van der Waals surface area contributed by atoms with E-state index >= 15 is 0 Å². The van der Waals surface area contributed by atoms with Gasteiger partial charge in [0.25, 0.3) is 0 Å². The molecular weight excluding hydrogens is 258 g/mol. The van der Waals surface area contributed by atoms with E-state index in [1.54, 1.807) is 11.3 Å². The Hall–Kier alpha value is -1.40. The Morgan fingerprint density at radius 3 is 2.89 bits per heavy atom. The number of H-pyrrole nitrogens is 1. The number of piperidine rings is 1. The molecule has 3 rings (SSSR count). The lowest BCUT2D eigenvalue weighted by Gasteiger charge is -2.38. The number of nitrogens with zero attached hydrogens (tertiary/aromatic N) is 3. The molecule has 19 heavy (non-hydrogen) atoms. The average Bonchev–Trinajstić information content (AvgIpc) is 3.10. The van der Waals surface area contributed by atoms with E-state index in [0.717, 1.165) is 49.8 Å². The van der Waals surface area contributed by atoms with Crippen molar-refractivity contribution >= 4 is 17.3 Å². The van der Waals surface area contributed by atoms with Gasteiger partial charge < -0.3 is 10.6 Å². The van der Waals surface area contributed by atoms with Gasteiger partial charge in [-0.25, -0.2) is 0 Å². The van der Waals surface area contributed by atoms with Gasteiger partial charge in [-0.1, -0.05) is 6.92 Å². The Balaban J connectivity index is 1.71. The van der Waals surface area contributed by atoms with Crippen LogP contribution >= 0.6 is 11.3 Å². The molecule has 0 spiro atoms. The van der Waals surface area contributed by atoms with E-state index in [2.05, 4.69) is 38.5 Å². The minimum Gasteiger partial charge on any atom is -0.339 e. The fourth-order valence-corrected chi connectivity index (χ4v) is 3.01. The summed E-state index contributed by atoms with van der Waals surface area (Å²) in [4.78, 5) is 6.82. The molecule has 0 radical (unpaired) electrons. The van der Waals surface area contributed by atoms with Crippen LogP contribution in [0.25, 0.3) is 11.4 Å². The molecule has 2 aromatic heterocycles. The summed E-state index contributed by atoms with van der Waals surface area (Å²) in [7, 11) is 0. The predicted octanol–water partition coefficient (Wildman–Crippen LogP) is 2.10. The summed E-state index contributed by atoms with van der Waals surface area (Å²) in [5, 5.41) is 11.5. The Labute approximate surface area is 116 Å². The zero-order chi connectivity index (χ0) is 13.3. The van der Waals surface area contributed by atoms with Crippen LogP contribution in [0.2, 0.25) is 0 Å². The van der Waals surface area contributed by atoms with Gasteiger partial charge in [-0.3, -0.25) is 5.10 Å². The minimum absolute atomic E-state index is 0.281. The first-order chi connectivity index (χ1) is 9.20. The van der Waals surface area contributed by atoms with E-state index in [4.69, 9.17) is 5.73 Å². The van der Waals surface area contributed by atoms with Crippen LogP contribution in [0.5, 0.6) is 0 Å². The summed E-state index contributed by atoms with van der Waals surface area (Å²) in [6.07, 6.45) is 2.21. The summed E-state index contributed by atoms with van der Waals surface area (Å²) in [6.45, 7) is 4.98. The molecular formula is C13H19N5S. The molecule has 0 unspecified atom stereocenters. The molecule has 0 saturated carbocycles. The largest absolute Gasteiger partial charge is 0.339 e. The summed E-state index contributed by atoms with van der Waals surface area (Å²) >= 11 is 1.67. The summed E-state index contributed by atoms with van der Waals surface area (Å²) < 4.78 is 0. The first-order valence-corrected chi connectivity index (χ1v) is 7.54. The Bertz CT molecular complexity index is 525. The number of hydrogen-bond donors (Lipinski definition) is 2. The maximum absolute atomic E-state index is 5.84. The maximum atomic E-state index is 5.84. The number of nitrogens with one attached hydrogen (secondary N) is 1. The lowest BCUT2D eigenvalue weighted by molar-refractivity contribution is 0.257. The first-order valence-electron chi connectivity index (χ1n) is 6.60. The molecule has 0 atom stereocenters. The lowest BCUT2D eigenvalue weighted by atomic mass is 9.81. The highest BCUT2D eigenvalue weighted by Gasteiger charge is 2.30. The Morgan fingerprint density at radius 2 is 2.26 bits per heavy atom. The number of aromatic amines is 1. The van der Waals surface area contributed by atoms with Crippen LogP contribution in [0.3, 0.4) is 0 Å². The zero-order valence-corrected chi connectivity index (χ0v) is 11.9. The molecule has 102 valence electrons. The molecule has 1 aliphatic heterocycles. The van der Waals surface area contributed by atoms with Crippen molar-refractivity contribution in [3.8, 4) is 11.4 Å². The molecule has 1 saturated heterocycles. The van der Waals surface area contributed by atoms with E-state index in [0.29, 0.717) is 0 Å². The summed E-state index contributed by atoms with van der Waals surface area (Å²) in [6, 6.07) is 2.05. The third-order valence-electron chi connectivity index (χ3n) is 4.01. The van der Waals surface area contributed by atoms with Crippen molar-refractivity contribution in [1.29, 1.82) is 0 Å². The average molecular weight is 277 g/mol. The highest BCUT2D eigenvalue weighted by molar-refractivity contribution is 7.08. The summed E-state index contributed by atoms with van der Waals surface area (Å²) in [5.41, 5.74) is 7.22. The number of rotatable bonds is 3. The predicted molar refractivity (Wildman–Crippen MR) is 78.3 cm³/mol. The van der Waals surface area contributed by atoms with Crippen LogP contribution in [0.15, 0.2) is 16.8 Å². The molecule has 5 nitrogen and oxygen atoms in total. The topological polar surface area (TPSA) is 70.8 Å². The molecule has 1 aliphatic rings. The van der Waals surface area contributed by atoms with Crippen molar-refractivity contribution < 1.29 is 0 Å². The second-order valence-electron chi connectivity index (χ2n) is 5.50. The quantitative estimate of drug-likeness (QED) is 0.901. The van der Waals surface area contributed by atoms with Crippen LogP contribution in [0.4, 0.5) is 5.95 Å². The van der Waals surface area contributed by atoms with Crippen LogP contribution in [-0.4, -0.2) is 34.8 Å². The van der Waals surface area contributed by atoms with Gasteiger partial charge >= 0.3 is 0 Å². The van der Waals surface area contributed by atoms with Crippen molar-refractivity contribution in [3.05, 3.63) is 16.8 Å². The normalized spacial score (nSPS) is 18.7. The molecule has 3 N–H and O–H groups in total. The molecule has 6 heteroatoms. The molecule has 0 aromatic carbocycles. The monoisotopic (exact) mass is 277 g/mol. The standard InChI is InChI=1S/C13H19N5S/c1-13(9-14)3-5-18(6-4-13)12-15-11(16-17-12)10-2-7-19-8-10/h2,7-8H,3-6,9,14H2,1H3,(H,15,16,17). The van der Waals surface area contributed by atoms with E-state index in [1.807, 2.05) is 5.38 Å². The number of hydrogen-bond acceptors (Lipinski definition) is 5. The fraction of sp³-hybridized carbons (Fsp3) is 0.538. The van der Waals surface area contributed by atoms with Crippen molar-refractivity contribution in [2.24, 2.45) is 11.1 Å². The highest BCUT2D eigenvalue weighted by atomic mass is 32.1. The molecule has 2 aromatic rings. The van der Waals surface area contributed by atoms with Crippen molar-refractivity contribution in [3.63, 3.8) is 0 Å². The number of thiophene rings is 1. The van der Waals surface area contributed by atoms with E-state index in [-0.39, 0.29) is 5.41 Å². The van der Waals surface area contributed by atoms with Gasteiger partial charge in [0.15, 0.2) is 5.82 Å². The van der Waals surface area contributed by atoms with Gasteiger partial charge in [0.2, 0.25) is 5.95 Å². The first kappa shape index (κ1) is 12.6. The molecule has 3 heterocycles. The Kier molecular flexibility index (Phi) is 3.28. The Morgan fingerprint density at radius 1 is 1.47 bits per heavy atom. The number of anilines is 1. The van der Waals surface area contributed by atoms with E-state index < -0.39 is 0 Å². The van der Waals surface area contributed by atoms with Crippen LogP contribution < -0.4 is 10.6 Å². The van der Waals surface area contributed by atoms with E-state index in [1.165, 1.54) is 0 Å². The lowest BCUT2D eigenvalue weighted by Crippen LogP contribution is -2.42. The van der Waals surface area contributed by atoms with Gasteiger partial charge in [0, 0.05) is 24.0 Å². The number of aromatic nitrogens is 3. The van der Waals surface area contributed by atoms with Crippen molar-refractivity contribution in [1.82, 2.24) is 15.2 Å². The van der Waals surface area contributed by atoms with Gasteiger partial charge in [0.05, 0.1) is 0 Å². The van der Waals surface area contributed by atoms with Crippen LogP contribution in [0, 0.1) is 5.41 Å². The van der Waals surface area contributed by atoms with Crippen LogP contribution in [0.1, 0.15) is 19.8 Å². The van der Waals surface area contributed by atoms with Crippen molar-refractivity contribution in [2.45, 2.75) is 19.8 Å². The second kappa shape index (κ2) is 4.94. The highest BCUT2D eigenvalue weighted by Crippen LogP contribution is 2.31. The minimum atomic E-state index is 0.281. The number of nitrogens with two attached hydrogens (primary N) is 1. The molecule has 1 fully saturated rings. The SMILES string of the molecule is CC1(CN)CCN(c2n[nH]c(-c3ccsc3)n2)CC1. The van der Waals surface area contributed by atoms with Gasteiger partial charge in [-0.05, 0) is 36.2 Å². The third-order valence-corrected chi connectivity index (χ3v) is 4.70. The van der Waals surface area contributed by atoms with Gasteiger partial charge in [-0.15, -0.1) is 5.10 Å². The molecule has 0 aliphatic carbocycles. The molecule has 0 bridgehead atoms. The van der Waals surface area contributed by atoms with Gasteiger partial charge in [0.1, 0.15) is 0 Å².